The summed E-state index contributed by atoms with van der Waals surface area (Å²) in [7, 11) is 3.34. The standard InChI is InChI=1S/C9H16N2O2S/c1-7-8(6-10-4-5-12-2)14-9(11-7)13-3/h10H,4-6H2,1-3H3. The van der Waals surface area contributed by atoms with Gasteiger partial charge in [-0.05, 0) is 6.92 Å². The molecule has 1 aromatic heterocycles. The minimum atomic E-state index is 0.728. The van der Waals surface area contributed by atoms with Gasteiger partial charge in [0.05, 0.1) is 19.4 Å². The van der Waals surface area contributed by atoms with Crippen LogP contribution in [0.15, 0.2) is 0 Å². The highest BCUT2D eigenvalue weighted by Crippen LogP contribution is 2.23. The van der Waals surface area contributed by atoms with Crippen LogP contribution in [0.3, 0.4) is 0 Å². The molecule has 0 amide bonds. The maximum Gasteiger partial charge on any atom is 0.273 e. The Kier molecular flexibility index (Phi) is 4.86. The lowest BCUT2D eigenvalue weighted by molar-refractivity contribution is 0.199. The predicted octanol–water partition coefficient (Wildman–Crippen LogP) is 1.20. The van der Waals surface area contributed by atoms with Crippen LogP contribution in [0.2, 0.25) is 0 Å². The van der Waals surface area contributed by atoms with Crippen LogP contribution in [0.4, 0.5) is 0 Å². The zero-order valence-corrected chi connectivity index (χ0v) is 9.61. The molecule has 1 N–H and O–H groups in total. The van der Waals surface area contributed by atoms with E-state index in [2.05, 4.69) is 10.3 Å². The summed E-state index contributed by atoms with van der Waals surface area (Å²) in [6, 6.07) is 0. The molecule has 0 unspecified atom stereocenters. The first-order valence-corrected chi connectivity index (χ1v) is 5.29. The molecule has 1 heterocycles. The topological polar surface area (TPSA) is 43.4 Å². The second-order valence-corrected chi connectivity index (χ2v) is 3.91. The van der Waals surface area contributed by atoms with Crippen molar-refractivity contribution in [2.75, 3.05) is 27.4 Å². The van der Waals surface area contributed by atoms with Crippen molar-refractivity contribution >= 4 is 11.3 Å². The zero-order chi connectivity index (χ0) is 10.4. The molecule has 1 rings (SSSR count). The molecule has 0 radical (unpaired) electrons. The van der Waals surface area contributed by atoms with Crippen molar-refractivity contribution in [3.63, 3.8) is 0 Å². The van der Waals surface area contributed by atoms with E-state index in [9.17, 15) is 0 Å². The molecule has 0 spiro atoms. The second kappa shape index (κ2) is 5.95. The van der Waals surface area contributed by atoms with Crippen LogP contribution < -0.4 is 10.1 Å². The van der Waals surface area contributed by atoms with Gasteiger partial charge in [0.2, 0.25) is 0 Å². The molecule has 0 aliphatic heterocycles. The molecule has 5 heteroatoms. The highest BCUT2D eigenvalue weighted by Gasteiger charge is 2.06. The fraction of sp³-hybridized carbons (Fsp3) is 0.667. The van der Waals surface area contributed by atoms with Crippen LogP contribution in [-0.2, 0) is 11.3 Å². The van der Waals surface area contributed by atoms with Crippen molar-refractivity contribution in [3.8, 4) is 5.19 Å². The zero-order valence-electron chi connectivity index (χ0n) is 8.79. The van der Waals surface area contributed by atoms with Crippen LogP contribution in [0.1, 0.15) is 10.6 Å². The Morgan fingerprint density at radius 1 is 1.43 bits per heavy atom. The first-order valence-electron chi connectivity index (χ1n) is 4.48. The van der Waals surface area contributed by atoms with E-state index < -0.39 is 0 Å². The fourth-order valence-corrected chi connectivity index (χ4v) is 1.87. The van der Waals surface area contributed by atoms with E-state index in [-0.39, 0.29) is 0 Å². The largest absolute Gasteiger partial charge is 0.473 e. The summed E-state index contributed by atoms with van der Waals surface area (Å²) in [4.78, 5) is 5.47. The molecule has 80 valence electrons. The number of aromatic nitrogens is 1. The van der Waals surface area contributed by atoms with E-state index in [0.29, 0.717) is 0 Å². The highest BCUT2D eigenvalue weighted by atomic mass is 32.1. The minimum absolute atomic E-state index is 0.728. The third-order valence-electron chi connectivity index (χ3n) is 1.82. The second-order valence-electron chi connectivity index (χ2n) is 2.86. The number of nitrogens with one attached hydrogen (secondary N) is 1. The molecule has 4 nitrogen and oxygen atoms in total. The van der Waals surface area contributed by atoms with Gasteiger partial charge in [-0.2, -0.15) is 0 Å². The van der Waals surface area contributed by atoms with E-state index in [1.807, 2.05) is 6.92 Å². The lowest BCUT2D eigenvalue weighted by atomic mass is 10.4. The molecule has 0 fully saturated rings. The molecule has 0 aliphatic rings. The fourth-order valence-electron chi connectivity index (χ4n) is 1.03. The van der Waals surface area contributed by atoms with Gasteiger partial charge in [0.15, 0.2) is 0 Å². The molecular weight excluding hydrogens is 200 g/mol. The smallest absolute Gasteiger partial charge is 0.273 e. The molecule has 14 heavy (non-hydrogen) atoms. The van der Waals surface area contributed by atoms with E-state index in [1.54, 1.807) is 25.6 Å². The molecule has 0 bridgehead atoms. The van der Waals surface area contributed by atoms with Gasteiger partial charge in [-0.25, -0.2) is 4.98 Å². The van der Waals surface area contributed by atoms with Crippen molar-refractivity contribution in [3.05, 3.63) is 10.6 Å². The molecule has 0 saturated carbocycles. The third kappa shape index (κ3) is 3.25. The Hall–Kier alpha value is -0.650. The van der Waals surface area contributed by atoms with Crippen molar-refractivity contribution in [2.45, 2.75) is 13.5 Å². The van der Waals surface area contributed by atoms with Gasteiger partial charge in [-0.15, -0.1) is 0 Å². The van der Waals surface area contributed by atoms with Crippen LogP contribution >= 0.6 is 11.3 Å². The molecule has 0 saturated heterocycles. The van der Waals surface area contributed by atoms with Gasteiger partial charge in [0.25, 0.3) is 5.19 Å². The Bertz CT molecular complexity index is 276. The number of aryl methyl sites for hydroxylation is 1. The summed E-state index contributed by atoms with van der Waals surface area (Å²) in [5, 5.41) is 4.00. The molecule has 0 aromatic carbocycles. The molecule has 1 aromatic rings. The average molecular weight is 216 g/mol. The monoisotopic (exact) mass is 216 g/mol. The summed E-state index contributed by atoms with van der Waals surface area (Å²) in [6.45, 7) is 4.41. The summed E-state index contributed by atoms with van der Waals surface area (Å²) in [5.41, 5.74) is 1.04. The van der Waals surface area contributed by atoms with Gasteiger partial charge in [-0.1, -0.05) is 11.3 Å². The number of ether oxygens (including phenoxy) is 2. The Morgan fingerprint density at radius 3 is 2.79 bits per heavy atom. The molecular formula is C9H16N2O2S. The maximum absolute atomic E-state index is 5.06. The van der Waals surface area contributed by atoms with Gasteiger partial charge in [-0.3, -0.25) is 0 Å². The first kappa shape index (κ1) is 11.4. The summed E-state index contributed by atoms with van der Waals surface area (Å²) < 4.78 is 10.00. The predicted molar refractivity (Wildman–Crippen MR) is 57.0 cm³/mol. The molecule has 0 aliphatic carbocycles. The van der Waals surface area contributed by atoms with Gasteiger partial charge in [0, 0.05) is 25.1 Å². The molecule has 0 atom stereocenters. The van der Waals surface area contributed by atoms with E-state index in [1.165, 1.54) is 4.88 Å². The summed E-state index contributed by atoms with van der Waals surface area (Å²) >= 11 is 1.58. The SMILES string of the molecule is COCCNCc1sc(OC)nc1C. The lowest BCUT2D eigenvalue weighted by Crippen LogP contribution is -2.18. The third-order valence-corrected chi connectivity index (χ3v) is 2.93. The number of methoxy groups -OCH3 is 2. The Balaban J connectivity index is 2.38. The number of nitrogens with zero attached hydrogens (tertiary/aromatic N) is 1. The van der Waals surface area contributed by atoms with Crippen LogP contribution in [-0.4, -0.2) is 32.4 Å². The quantitative estimate of drug-likeness (QED) is 0.726. The summed E-state index contributed by atoms with van der Waals surface area (Å²) in [5.74, 6) is 0. The number of hydrogen-bond donors (Lipinski definition) is 1. The summed E-state index contributed by atoms with van der Waals surface area (Å²) in [6.07, 6.45) is 0. The Labute approximate surface area is 88.3 Å². The number of rotatable bonds is 6. The average Bonchev–Trinajstić information content (AvgIpc) is 2.54. The Morgan fingerprint density at radius 2 is 2.21 bits per heavy atom. The van der Waals surface area contributed by atoms with E-state index in [0.717, 1.165) is 30.6 Å². The number of thiazole rings is 1. The van der Waals surface area contributed by atoms with Crippen LogP contribution in [0, 0.1) is 6.92 Å². The van der Waals surface area contributed by atoms with Gasteiger partial charge in [0.1, 0.15) is 0 Å². The van der Waals surface area contributed by atoms with E-state index in [4.69, 9.17) is 9.47 Å². The first-order chi connectivity index (χ1) is 6.77. The lowest BCUT2D eigenvalue weighted by Gasteiger charge is -2.01. The normalized spacial score (nSPS) is 10.5. The van der Waals surface area contributed by atoms with Crippen molar-refractivity contribution in [1.82, 2.24) is 10.3 Å². The van der Waals surface area contributed by atoms with Crippen molar-refractivity contribution in [2.24, 2.45) is 0 Å². The highest BCUT2D eigenvalue weighted by molar-refractivity contribution is 7.13. The van der Waals surface area contributed by atoms with Crippen LogP contribution in [0.5, 0.6) is 5.19 Å². The minimum Gasteiger partial charge on any atom is -0.473 e. The van der Waals surface area contributed by atoms with Gasteiger partial charge >= 0.3 is 0 Å². The van der Waals surface area contributed by atoms with Crippen LogP contribution in [0.25, 0.3) is 0 Å². The van der Waals surface area contributed by atoms with Crippen molar-refractivity contribution < 1.29 is 9.47 Å². The number of hydrogen-bond acceptors (Lipinski definition) is 5. The van der Waals surface area contributed by atoms with Gasteiger partial charge < -0.3 is 14.8 Å². The van der Waals surface area contributed by atoms with Crippen molar-refractivity contribution in [1.29, 1.82) is 0 Å². The van der Waals surface area contributed by atoms with E-state index >= 15 is 0 Å². The maximum atomic E-state index is 5.06.